The molecule has 1 aromatic carbocycles. The van der Waals surface area contributed by atoms with E-state index >= 15 is 0 Å². The Labute approximate surface area is 210 Å². The lowest BCUT2D eigenvalue weighted by Crippen LogP contribution is -2.43. The molecule has 1 aromatic heterocycles. The first-order valence-corrected chi connectivity index (χ1v) is 14.1. The van der Waals surface area contributed by atoms with Gasteiger partial charge in [0.25, 0.3) is 0 Å². The number of carboxylic acid groups (broad SMARTS) is 2. The first-order chi connectivity index (χ1) is 16.1. The number of unbranched alkanes of at least 4 members (excludes halogenated alkanes) is 1. The van der Waals surface area contributed by atoms with Crippen LogP contribution >= 0.6 is 27.3 Å². The van der Waals surface area contributed by atoms with Gasteiger partial charge in [0.15, 0.2) is 17.2 Å². The van der Waals surface area contributed by atoms with Crippen molar-refractivity contribution in [3.8, 4) is 16.2 Å². The number of piperidine rings is 1. The summed E-state index contributed by atoms with van der Waals surface area (Å²) in [5.41, 5.74) is 1.57. The van der Waals surface area contributed by atoms with Crippen LogP contribution in [0.1, 0.15) is 42.3 Å². The Bertz CT molecular complexity index is 1140. The highest BCUT2D eigenvalue weighted by atomic mass is 79.9. The zero-order valence-corrected chi connectivity index (χ0v) is 21.8. The van der Waals surface area contributed by atoms with Crippen LogP contribution in [-0.4, -0.2) is 66.4 Å². The number of halogens is 1. The van der Waals surface area contributed by atoms with Gasteiger partial charge >= 0.3 is 11.9 Å². The Morgan fingerprint density at radius 1 is 1.26 bits per heavy atom. The number of hydrogen-bond acceptors (Lipinski definition) is 7. The molecule has 9 nitrogen and oxygen atoms in total. The largest absolute Gasteiger partial charge is 0.479 e. The topological polar surface area (TPSA) is 133 Å². The summed E-state index contributed by atoms with van der Waals surface area (Å²) in [7, 11) is -3.20. The van der Waals surface area contributed by atoms with E-state index in [4.69, 9.17) is 9.84 Å². The van der Waals surface area contributed by atoms with E-state index in [0.29, 0.717) is 41.7 Å². The van der Waals surface area contributed by atoms with Crippen LogP contribution in [0, 0.1) is 0 Å². The van der Waals surface area contributed by atoms with Crippen molar-refractivity contribution in [1.82, 2.24) is 4.31 Å². The summed E-state index contributed by atoms with van der Waals surface area (Å²) >= 11 is 4.37. The quantitative estimate of drug-likeness (QED) is 0.360. The molecule has 3 rings (SSSR count). The zero-order chi connectivity index (χ0) is 24.9. The van der Waals surface area contributed by atoms with Crippen molar-refractivity contribution in [2.45, 2.75) is 38.6 Å². The van der Waals surface area contributed by atoms with Crippen LogP contribution in [-0.2, 0) is 14.8 Å². The number of nitrogens with one attached hydrogen (secondary N) is 1. The number of aliphatic carboxylic acids is 1. The lowest BCUT2D eigenvalue weighted by molar-refractivity contribution is -0.139. The molecule has 2 heterocycles. The lowest BCUT2D eigenvalue weighted by Gasteiger charge is -2.32. The van der Waals surface area contributed by atoms with Gasteiger partial charge in [-0.2, -0.15) is 0 Å². The number of rotatable bonds is 11. The van der Waals surface area contributed by atoms with Crippen molar-refractivity contribution in [1.29, 1.82) is 0 Å². The molecule has 0 radical (unpaired) electrons. The lowest BCUT2D eigenvalue weighted by atomic mass is 10.1. The number of aromatic carboxylic acids is 1. The minimum atomic E-state index is -3.20. The summed E-state index contributed by atoms with van der Waals surface area (Å²) in [6.45, 7) is 2.28. The van der Waals surface area contributed by atoms with Crippen molar-refractivity contribution in [2.24, 2.45) is 0 Å². The Balaban J connectivity index is 1.72. The van der Waals surface area contributed by atoms with Gasteiger partial charge in [-0.05, 0) is 52.9 Å². The molecule has 12 heteroatoms. The maximum atomic E-state index is 12.4. The van der Waals surface area contributed by atoms with Gasteiger partial charge in [0.2, 0.25) is 10.0 Å². The third kappa shape index (κ3) is 6.49. The summed E-state index contributed by atoms with van der Waals surface area (Å²) in [6.07, 6.45) is 2.89. The van der Waals surface area contributed by atoms with E-state index in [1.807, 2.05) is 31.2 Å². The van der Waals surface area contributed by atoms with Gasteiger partial charge in [0.05, 0.1) is 15.1 Å². The average Bonchev–Trinajstić information content (AvgIpc) is 3.13. The summed E-state index contributed by atoms with van der Waals surface area (Å²) in [5, 5.41) is 21.8. The number of sulfonamides is 1. The fourth-order valence-corrected chi connectivity index (χ4v) is 7.27. The summed E-state index contributed by atoms with van der Waals surface area (Å²) in [4.78, 5) is 23.0. The Morgan fingerprint density at radius 3 is 2.59 bits per heavy atom. The molecule has 0 atom stereocenters. The van der Waals surface area contributed by atoms with Crippen molar-refractivity contribution in [2.75, 3.05) is 30.8 Å². The minimum Gasteiger partial charge on any atom is -0.479 e. The molecule has 0 bridgehead atoms. The predicted molar refractivity (Wildman–Crippen MR) is 134 cm³/mol. The van der Waals surface area contributed by atoms with Crippen LogP contribution in [0.4, 0.5) is 5.69 Å². The molecule has 0 amide bonds. The summed E-state index contributed by atoms with van der Waals surface area (Å²) in [6, 6.07) is 7.57. The highest BCUT2D eigenvalue weighted by Gasteiger charge is 2.28. The smallest absolute Gasteiger partial charge is 0.349 e. The minimum absolute atomic E-state index is 0.00934. The van der Waals surface area contributed by atoms with Gasteiger partial charge in [0, 0.05) is 24.8 Å². The number of thiophene rings is 1. The highest BCUT2D eigenvalue weighted by Crippen LogP contribution is 2.46. The zero-order valence-electron chi connectivity index (χ0n) is 18.6. The second kappa shape index (κ2) is 11.5. The van der Waals surface area contributed by atoms with Gasteiger partial charge < -0.3 is 20.3 Å². The molecule has 0 unspecified atom stereocenters. The number of benzene rings is 1. The Morgan fingerprint density at radius 2 is 1.97 bits per heavy atom. The van der Waals surface area contributed by atoms with E-state index in [2.05, 4.69) is 21.2 Å². The van der Waals surface area contributed by atoms with E-state index in [9.17, 15) is 23.1 Å². The number of hydrogen-bond donors (Lipinski definition) is 3. The molecular formula is C22H27BrN2O7S2. The predicted octanol–water partition coefficient (Wildman–Crippen LogP) is 4.35. The fraction of sp³-hybridized carbons (Fsp3) is 0.455. The van der Waals surface area contributed by atoms with Gasteiger partial charge in [0.1, 0.15) is 0 Å². The molecule has 1 aliphatic rings. The SMILES string of the molecule is CCCCS(=O)(=O)N1CCC(Nc2cccc(-c3sc(C(=O)O)c(OCC(=O)O)c3Br)c2)CC1. The first kappa shape index (κ1) is 26.5. The van der Waals surface area contributed by atoms with Crippen LogP contribution in [0.5, 0.6) is 5.75 Å². The number of nitrogens with zero attached hydrogens (tertiary/aromatic N) is 1. The van der Waals surface area contributed by atoms with Gasteiger partial charge in [-0.1, -0.05) is 25.5 Å². The molecule has 0 spiro atoms. The van der Waals surface area contributed by atoms with Gasteiger partial charge in [-0.3, -0.25) is 0 Å². The van der Waals surface area contributed by atoms with Crippen LogP contribution in [0.25, 0.3) is 10.4 Å². The number of anilines is 1. The number of carbonyl (C=O) groups is 2. The molecule has 1 aliphatic heterocycles. The van der Waals surface area contributed by atoms with Crippen molar-refractivity contribution in [3.05, 3.63) is 33.6 Å². The molecule has 186 valence electrons. The van der Waals surface area contributed by atoms with Crippen LogP contribution in [0.3, 0.4) is 0 Å². The van der Waals surface area contributed by atoms with Crippen molar-refractivity contribution < 1.29 is 33.0 Å². The second-order valence-corrected chi connectivity index (χ2v) is 11.9. The second-order valence-electron chi connectivity index (χ2n) is 7.96. The number of carboxylic acids is 2. The molecule has 2 aromatic rings. The highest BCUT2D eigenvalue weighted by molar-refractivity contribution is 9.10. The van der Waals surface area contributed by atoms with Gasteiger partial charge in [-0.25, -0.2) is 22.3 Å². The van der Waals surface area contributed by atoms with Crippen molar-refractivity contribution >= 4 is 54.9 Å². The van der Waals surface area contributed by atoms with Crippen LogP contribution < -0.4 is 10.1 Å². The fourth-order valence-electron chi connectivity index (χ4n) is 3.71. The van der Waals surface area contributed by atoms with E-state index < -0.39 is 28.6 Å². The maximum absolute atomic E-state index is 12.4. The van der Waals surface area contributed by atoms with Crippen LogP contribution in [0.2, 0.25) is 0 Å². The maximum Gasteiger partial charge on any atom is 0.349 e. The van der Waals surface area contributed by atoms with E-state index in [0.717, 1.165) is 29.0 Å². The third-order valence-electron chi connectivity index (χ3n) is 5.44. The van der Waals surface area contributed by atoms with Crippen LogP contribution in [0.15, 0.2) is 28.7 Å². The first-order valence-electron chi connectivity index (χ1n) is 10.9. The monoisotopic (exact) mass is 574 g/mol. The normalized spacial score (nSPS) is 15.2. The molecule has 1 fully saturated rings. The third-order valence-corrected chi connectivity index (χ3v) is 9.63. The molecular weight excluding hydrogens is 548 g/mol. The molecule has 0 aliphatic carbocycles. The Hall–Kier alpha value is -2.15. The van der Waals surface area contributed by atoms with E-state index in [1.165, 1.54) is 0 Å². The molecule has 1 saturated heterocycles. The molecule has 3 N–H and O–H groups in total. The van der Waals surface area contributed by atoms with Crippen molar-refractivity contribution in [3.63, 3.8) is 0 Å². The van der Waals surface area contributed by atoms with E-state index in [-0.39, 0.29) is 22.4 Å². The summed E-state index contributed by atoms with van der Waals surface area (Å²) < 4.78 is 32.0. The standard InChI is InChI=1S/C22H27BrN2O7S2/c1-2-3-11-34(30,31)25-9-7-15(8-10-25)24-16-6-4-5-14(12-16)20-18(23)19(32-13-17(26)27)21(33-20)22(28)29/h4-6,12,15,24H,2-3,7-11,13H2,1H3,(H,26,27)(H,28,29). The summed E-state index contributed by atoms with van der Waals surface area (Å²) in [5.74, 6) is -2.22. The average molecular weight is 576 g/mol. The number of ether oxygens (including phenoxy) is 1. The molecule has 34 heavy (non-hydrogen) atoms. The Kier molecular flexibility index (Phi) is 8.96. The van der Waals surface area contributed by atoms with Gasteiger partial charge in [-0.15, -0.1) is 11.3 Å². The van der Waals surface area contributed by atoms with E-state index in [1.54, 1.807) is 4.31 Å². The molecule has 0 saturated carbocycles.